The van der Waals surface area contributed by atoms with Gasteiger partial charge in [0.05, 0.1) is 0 Å². The van der Waals surface area contributed by atoms with Crippen molar-refractivity contribution in [2.45, 2.75) is 12.2 Å². The zero-order chi connectivity index (χ0) is 13.4. The molecule has 0 aromatic heterocycles. The van der Waals surface area contributed by atoms with Crippen LogP contribution in [0.15, 0.2) is 17.6 Å². The normalized spacial score (nSPS) is 27.3. The Kier molecular flexibility index (Phi) is 2.98. The van der Waals surface area contributed by atoms with Crippen molar-refractivity contribution in [2.24, 2.45) is 4.99 Å². The van der Waals surface area contributed by atoms with Gasteiger partial charge in [-0.1, -0.05) is 12.7 Å². The van der Waals surface area contributed by atoms with Gasteiger partial charge in [-0.05, 0) is 0 Å². The zero-order valence-corrected chi connectivity index (χ0v) is 10.7. The van der Waals surface area contributed by atoms with Crippen LogP contribution in [0.2, 0.25) is 0 Å². The minimum atomic E-state index is -0.522. The van der Waals surface area contributed by atoms with Gasteiger partial charge >= 0.3 is 6.03 Å². The Balaban J connectivity index is 2.27. The summed E-state index contributed by atoms with van der Waals surface area (Å²) in [5, 5.41) is 0. The van der Waals surface area contributed by atoms with Crippen LogP contribution in [-0.4, -0.2) is 72.6 Å². The van der Waals surface area contributed by atoms with Crippen LogP contribution in [0.3, 0.4) is 0 Å². The van der Waals surface area contributed by atoms with Gasteiger partial charge in [0, 0.05) is 21.1 Å². The fraction of sp³-hybridized carbons (Fsp3) is 0.545. The number of imide groups is 1. The number of urea groups is 1. The Morgan fingerprint density at radius 3 is 2.61 bits per heavy atom. The van der Waals surface area contributed by atoms with Crippen molar-refractivity contribution in [3.8, 4) is 0 Å². The molecule has 2 heterocycles. The molecule has 0 aliphatic carbocycles. The molecule has 7 heteroatoms. The van der Waals surface area contributed by atoms with E-state index in [9.17, 15) is 9.59 Å². The first-order valence-corrected chi connectivity index (χ1v) is 5.57. The van der Waals surface area contributed by atoms with Crippen LogP contribution < -0.4 is 0 Å². The van der Waals surface area contributed by atoms with E-state index in [0.29, 0.717) is 12.6 Å². The highest BCUT2D eigenvalue weighted by Gasteiger charge is 2.50. The number of carbonyl (C=O) groups is 2. The molecule has 7 nitrogen and oxygen atoms in total. The third-order valence-corrected chi connectivity index (χ3v) is 3.14. The van der Waals surface area contributed by atoms with Crippen LogP contribution in [0.5, 0.6) is 0 Å². The number of amides is 3. The molecule has 0 N–H and O–H groups in total. The summed E-state index contributed by atoms with van der Waals surface area (Å²) in [6, 6.07) is -0.519. The number of carbonyl (C=O) groups excluding carboxylic acids is 2. The van der Waals surface area contributed by atoms with E-state index in [4.69, 9.17) is 4.74 Å². The number of nitrogens with zero attached hydrogens (tertiary/aromatic N) is 4. The minimum Gasteiger partial charge on any atom is -0.461 e. The molecule has 98 valence electrons. The number of aliphatic imine (C=N–C) groups is 1. The smallest absolute Gasteiger partial charge is 0.328 e. The van der Waals surface area contributed by atoms with E-state index in [1.165, 1.54) is 11.9 Å². The number of rotatable bonds is 2. The summed E-state index contributed by atoms with van der Waals surface area (Å²) < 4.78 is 5.37. The highest BCUT2D eigenvalue weighted by Crippen LogP contribution is 2.25. The van der Waals surface area contributed by atoms with Crippen LogP contribution in [0, 0.1) is 0 Å². The fourth-order valence-electron chi connectivity index (χ4n) is 2.10. The van der Waals surface area contributed by atoms with Crippen molar-refractivity contribution in [3.05, 3.63) is 12.7 Å². The molecule has 3 amide bonds. The standard InChI is InChI=1S/C11H16N4O3/c1-5-6-18-10-12-8-7(13(10)2)9(16)15(4)11(17)14(8)3/h5,7-8H,1,6H2,2-4H3/t7-,8-/m0/s1. The Labute approximate surface area is 105 Å². The number of hydrogen-bond acceptors (Lipinski definition) is 5. The van der Waals surface area contributed by atoms with E-state index in [2.05, 4.69) is 11.6 Å². The maximum Gasteiger partial charge on any atom is 0.328 e. The Hall–Kier alpha value is -2.05. The van der Waals surface area contributed by atoms with E-state index in [1.807, 2.05) is 0 Å². The van der Waals surface area contributed by atoms with E-state index in [-0.39, 0.29) is 11.9 Å². The summed E-state index contributed by atoms with van der Waals surface area (Å²) in [6.07, 6.45) is 1.08. The SMILES string of the molecule is C=CCOC1=N[C@@H]2[C@@H](C(=O)N(C)C(=O)N2C)N1C. The molecular weight excluding hydrogens is 236 g/mol. The van der Waals surface area contributed by atoms with E-state index >= 15 is 0 Å². The number of fused-ring (bicyclic) bond motifs is 1. The molecule has 2 aliphatic heterocycles. The van der Waals surface area contributed by atoms with Gasteiger partial charge in [-0.3, -0.25) is 9.69 Å². The molecule has 0 aromatic rings. The summed E-state index contributed by atoms with van der Waals surface area (Å²) in [4.78, 5) is 32.3. The van der Waals surface area contributed by atoms with Gasteiger partial charge < -0.3 is 14.5 Å². The quantitative estimate of drug-likeness (QED) is 0.633. The topological polar surface area (TPSA) is 65.5 Å². The Morgan fingerprint density at radius 2 is 2.00 bits per heavy atom. The average molecular weight is 252 g/mol. The van der Waals surface area contributed by atoms with Crippen LogP contribution in [0.25, 0.3) is 0 Å². The van der Waals surface area contributed by atoms with Gasteiger partial charge in [-0.2, -0.15) is 0 Å². The van der Waals surface area contributed by atoms with Gasteiger partial charge in [0.2, 0.25) is 0 Å². The third kappa shape index (κ3) is 1.62. The van der Waals surface area contributed by atoms with E-state index < -0.39 is 12.2 Å². The molecule has 18 heavy (non-hydrogen) atoms. The number of amidine groups is 1. The zero-order valence-electron chi connectivity index (χ0n) is 10.7. The van der Waals surface area contributed by atoms with Crippen LogP contribution in [-0.2, 0) is 9.53 Å². The lowest BCUT2D eigenvalue weighted by atomic mass is 10.1. The molecule has 0 bridgehead atoms. The summed E-state index contributed by atoms with van der Waals surface area (Å²) in [6.45, 7) is 3.86. The van der Waals surface area contributed by atoms with Crippen molar-refractivity contribution in [3.63, 3.8) is 0 Å². The maximum absolute atomic E-state index is 12.1. The second-order valence-corrected chi connectivity index (χ2v) is 4.27. The molecule has 2 atom stereocenters. The largest absolute Gasteiger partial charge is 0.461 e. The lowest BCUT2D eigenvalue weighted by molar-refractivity contribution is -0.135. The molecule has 0 saturated carbocycles. The fourth-order valence-corrected chi connectivity index (χ4v) is 2.10. The molecule has 2 aliphatic rings. The van der Waals surface area contributed by atoms with Crippen molar-refractivity contribution in [2.75, 3.05) is 27.7 Å². The first-order valence-electron chi connectivity index (χ1n) is 5.57. The number of ether oxygens (including phenoxy) is 1. The highest BCUT2D eigenvalue weighted by molar-refractivity contribution is 6.02. The molecule has 0 aromatic carbocycles. The van der Waals surface area contributed by atoms with Crippen molar-refractivity contribution in [1.82, 2.24) is 14.7 Å². The van der Waals surface area contributed by atoms with Crippen molar-refractivity contribution in [1.29, 1.82) is 0 Å². The van der Waals surface area contributed by atoms with Crippen molar-refractivity contribution >= 4 is 18.0 Å². The molecule has 0 spiro atoms. The van der Waals surface area contributed by atoms with Gasteiger partial charge in [-0.25, -0.2) is 9.79 Å². The second-order valence-electron chi connectivity index (χ2n) is 4.27. The Bertz CT molecular complexity index is 434. The van der Waals surface area contributed by atoms with Gasteiger partial charge in [-0.15, -0.1) is 0 Å². The van der Waals surface area contributed by atoms with E-state index in [0.717, 1.165) is 4.90 Å². The first-order chi connectivity index (χ1) is 8.49. The second kappa shape index (κ2) is 4.32. The number of hydrogen-bond donors (Lipinski definition) is 0. The third-order valence-electron chi connectivity index (χ3n) is 3.14. The van der Waals surface area contributed by atoms with E-state index in [1.54, 1.807) is 25.1 Å². The lowest BCUT2D eigenvalue weighted by Gasteiger charge is -2.38. The van der Waals surface area contributed by atoms with Crippen LogP contribution >= 0.6 is 0 Å². The average Bonchev–Trinajstić information content (AvgIpc) is 2.69. The summed E-state index contributed by atoms with van der Waals surface area (Å²) in [5.74, 6) is -0.272. The summed E-state index contributed by atoms with van der Waals surface area (Å²) in [7, 11) is 4.81. The maximum atomic E-state index is 12.1. The molecular formula is C11H16N4O3. The lowest BCUT2D eigenvalue weighted by Crippen LogP contribution is -2.63. The van der Waals surface area contributed by atoms with Crippen LogP contribution in [0.1, 0.15) is 0 Å². The predicted molar refractivity (Wildman–Crippen MR) is 64.9 cm³/mol. The highest BCUT2D eigenvalue weighted by atomic mass is 16.5. The first kappa shape index (κ1) is 12.4. The summed E-state index contributed by atoms with van der Waals surface area (Å²) in [5.41, 5.74) is 0. The van der Waals surface area contributed by atoms with Gasteiger partial charge in [0.1, 0.15) is 6.61 Å². The van der Waals surface area contributed by atoms with Crippen LogP contribution in [0.4, 0.5) is 4.79 Å². The van der Waals surface area contributed by atoms with Crippen molar-refractivity contribution < 1.29 is 14.3 Å². The summed E-state index contributed by atoms with van der Waals surface area (Å²) >= 11 is 0. The Morgan fingerprint density at radius 1 is 1.33 bits per heavy atom. The molecule has 0 unspecified atom stereocenters. The monoisotopic (exact) mass is 252 g/mol. The molecule has 1 fully saturated rings. The molecule has 0 radical (unpaired) electrons. The minimum absolute atomic E-state index is 0.272. The van der Waals surface area contributed by atoms with Gasteiger partial charge in [0.25, 0.3) is 11.9 Å². The predicted octanol–water partition coefficient (Wildman–Crippen LogP) is -0.291. The molecule has 2 rings (SSSR count). The molecule has 1 saturated heterocycles. The van der Waals surface area contributed by atoms with Gasteiger partial charge in [0.15, 0.2) is 12.2 Å². The number of likely N-dealkylation sites (N-methyl/N-ethyl adjacent to an activating group) is 3.